The quantitative estimate of drug-likeness (QED) is 0.622. The van der Waals surface area contributed by atoms with Crippen molar-refractivity contribution in [1.29, 1.82) is 0 Å². The number of aliphatic imine (C=N–C) groups is 1. The normalized spacial score (nSPS) is 10.7. The van der Waals surface area contributed by atoms with E-state index in [0.29, 0.717) is 16.8 Å². The van der Waals surface area contributed by atoms with Crippen molar-refractivity contribution >= 4 is 23.5 Å². The van der Waals surface area contributed by atoms with E-state index >= 15 is 0 Å². The third-order valence-corrected chi connectivity index (χ3v) is 2.94. The van der Waals surface area contributed by atoms with Crippen LogP contribution in [0.4, 0.5) is 5.69 Å². The van der Waals surface area contributed by atoms with Crippen LogP contribution in [-0.4, -0.2) is 17.8 Å². The summed E-state index contributed by atoms with van der Waals surface area (Å²) in [4.78, 5) is 27.7. The largest absolute Gasteiger partial charge is 0.294 e. The molecule has 0 spiro atoms. The van der Waals surface area contributed by atoms with Gasteiger partial charge in [-0.25, -0.2) is 0 Å². The summed E-state index contributed by atoms with van der Waals surface area (Å²) in [5, 5.41) is 0. The molecule has 0 radical (unpaired) electrons. The molecule has 0 aliphatic heterocycles. The molecule has 0 aliphatic rings. The van der Waals surface area contributed by atoms with E-state index in [1.165, 1.54) is 13.8 Å². The average Bonchev–Trinajstić information content (AvgIpc) is 2.45. The minimum atomic E-state index is -0.103. The number of Topliss-reactive ketones (excluding diaryl/α,β-unsaturated/α-hetero) is 2. The second-order valence-electron chi connectivity index (χ2n) is 4.48. The zero-order valence-electron chi connectivity index (χ0n) is 11.5. The molecule has 0 bridgehead atoms. The Morgan fingerprint density at radius 2 is 1.40 bits per heavy atom. The third kappa shape index (κ3) is 3.06. The Hall–Kier alpha value is -2.55. The van der Waals surface area contributed by atoms with Gasteiger partial charge in [0, 0.05) is 17.3 Å². The predicted molar refractivity (Wildman–Crippen MR) is 80.1 cm³/mol. The van der Waals surface area contributed by atoms with Crippen LogP contribution in [0.25, 0.3) is 0 Å². The minimum absolute atomic E-state index is 0.103. The van der Waals surface area contributed by atoms with Gasteiger partial charge in [-0.15, -0.1) is 0 Å². The summed E-state index contributed by atoms with van der Waals surface area (Å²) in [5.41, 5.74) is 2.28. The fourth-order valence-corrected chi connectivity index (χ4v) is 1.93. The molecule has 100 valence electrons. The smallest absolute Gasteiger partial charge is 0.161 e. The summed E-state index contributed by atoms with van der Waals surface area (Å²) < 4.78 is 0. The van der Waals surface area contributed by atoms with Crippen LogP contribution >= 0.6 is 0 Å². The maximum atomic E-state index is 11.7. The molecule has 0 atom stereocenters. The van der Waals surface area contributed by atoms with Crippen LogP contribution in [0.3, 0.4) is 0 Å². The van der Waals surface area contributed by atoms with Gasteiger partial charge in [0.2, 0.25) is 0 Å². The van der Waals surface area contributed by atoms with E-state index in [0.717, 1.165) is 5.56 Å². The lowest BCUT2D eigenvalue weighted by atomic mass is 10.0. The molecule has 2 rings (SSSR count). The second kappa shape index (κ2) is 6.06. The van der Waals surface area contributed by atoms with Gasteiger partial charge in [0.1, 0.15) is 0 Å². The molecule has 0 saturated heterocycles. The van der Waals surface area contributed by atoms with Gasteiger partial charge in [-0.2, -0.15) is 0 Å². The Bertz CT molecular complexity index is 640. The number of carbonyl (C=O) groups excluding carboxylic acids is 2. The summed E-state index contributed by atoms with van der Waals surface area (Å²) in [6.07, 6.45) is 1.66. The van der Waals surface area contributed by atoms with Gasteiger partial charge in [0.15, 0.2) is 11.6 Å². The Kier molecular flexibility index (Phi) is 4.20. The number of hydrogen-bond donors (Lipinski definition) is 0. The molecule has 0 amide bonds. The highest BCUT2D eigenvalue weighted by molar-refractivity contribution is 6.07. The molecular weight excluding hydrogens is 250 g/mol. The van der Waals surface area contributed by atoms with E-state index in [2.05, 4.69) is 4.99 Å². The van der Waals surface area contributed by atoms with Gasteiger partial charge in [-0.3, -0.25) is 14.6 Å². The SMILES string of the molecule is CC(=O)c1cccc(C(C)=O)c1N=Cc1ccccc1. The molecule has 0 saturated carbocycles. The molecule has 2 aromatic rings. The topological polar surface area (TPSA) is 46.5 Å². The number of benzene rings is 2. The van der Waals surface area contributed by atoms with Gasteiger partial charge in [-0.1, -0.05) is 36.4 Å². The van der Waals surface area contributed by atoms with E-state index < -0.39 is 0 Å². The summed E-state index contributed by atoms with van der Waals surface area (Å²) in [5.74, 6) is -0.207. The first kappa shape index (κ1) is 13.9. The Balaban J connectivity index is 2.51. The minimum Gasteiger partial charge on any atom is -0.294 e. The lowest BCUT2D eigenvalue weighted by Gasteiger charge is -2.06. The molecule has 0 heterocycles. The van der Waals surface area contributed by atoms with Gasteiger partial charge < -0.3 is 0 Å². The van der Waals surface area contributed by atoms with Gasteiger partial charge >= 0.3 is 0 Å². The first-order valence-electron chi connectivity index (χ1n) is 6.33. The molecule has 3 nitrogen and oxygen atoms in total. The van der Waals surface area contributed by atoms with E-state index in [-0.39, 0.29) is 11.6 Å². The number of para-hydroxylation sites is 1. The highest BCUT2D eigenvalue weighted by Gasteiger charge is 2.13. The first-order chi connectivity index (χ1) is 9.59. The molecule has 20 heavy (non-hydrogen) atoms. The van der Waals surface area contributed by atoms with Crippen LogP contribution in [0.15, 0.2) is 53.5 Å². The molecule has 0 fully saturated rings. The zero-order chi connectivity index (χ0) is 14.5. The van der Waals surface area contributed by atoms with Crippen molar-refractivity contribution < 1.29 is 9.59 Å². The number of hydrogen-bond acceptors (Lipinski definition) is 3. The molecular formula is C17H15NO2. The zero-order valence-corrected chi connectivity index (χ0v) is 11.5. The van der Waals surface area contributed by atoms with Gasteiger partial charge in [-0.05, 0) is 31.5 Å². The van der Waals surface area contributed by atoms with E-state index in [4.69, 9.17) is 0 Å². The lowest BCUT2D eigenvalue weighted by molar-refractivity contribution is 0.101. The second-order valence-corrected chi connectivity index (χ2v) is 4.48. The summed E-state index contributed by atoms with van der Waals surface area (Å²) >= 11 is 0. The average molecular weight is 265 g/mol. The molecule has 3 heteroatoms. The van der Waals surface area contributed by atoms with Gasteiger partial charge in [0.25, 0.3) is 0 Å². The molecule has 0 aromatic heterocycles. The summed E-state index contributed by atoms with van der Waals surface area (Å²) in [6.45, 7) is 2.95. The Morgan fingerprint density at radius 1 is 0.850 bits per heavy atom. The number of carbonyl (C=O) groups is 2. The van der Waals surface area contributed by atoms with Crippen molar-refractivity contribution in [3.05, 3.63) is 65.2 Å². The van der Waals surface area contributed by atoms with Crippen molar-refractivity contribution in [3.8, 4) is 0 Å². The van der Waals surface area contributed by atoms with E-state index in [1.54, 1.807) is 24.4 Å². The number of ketones is 2. The fraction of sp³-hybridized carbons (Fsp3) is 0.118. The highest BCUT2D eigenvalue weighted by Crippen LogP contribution is 2.25. The molecule has 0 aliphatic carbocycles. The first-order valence-corrected chi connectivity index (χ1v) is 6.33. The van der Waals surface area contributed by atoms with E-state index in [9.17, 15) is 9.59 Å². The molecule has 2 aromatic carbocycles. The van der Waals surface area contributed by atoms with Crippen LogP contribution in [-0.2, 0) is 0 Å². The molecule has 0 unspecified atom stereocenters. The number of rotatable bonds is 4. The third-order valence-electron chi connectivity index (χ3n) is 2.94. The fourth-order valence-electron chi connectivity index (χ4n) is 1.93. The summed E-state index contributed by atoms with van der Waals surface area (Å²) in [6, 6.07) is 14.6. The molecule has 0 N–H and O–H groups in total. The van der Waals surface area contributed by atoms with Crippen molar-refractivity contribution in [2.24, 2.45) is 4.99 Å². The van der Waals surface area contributed by atoms with Crippen molar-refractivity contribution in [1.82, 2.24) is 0 Å². The maximum absolute atomic E-state index is 11.7. The Labute approximate surface area is 118 Å². The van der Waals surface area contributed by atoms with Crippen LogP contribution in [0.5, 0.6) is 0 Å². The van der Waals surface area contributed by atoms with Crippen LogP contribution < -0.4 is 0 Å². The lowest BCUT2D eigenvalue weighted by Crippen LogP contribution is -2.00. The van der Waals surface area contributed by atoms with Crippen molar-refractivity contribution in [2.75, 3.05) is 0 Å². The predicted octanol–water partition coefficient (Wildman–Crippen LogP) is 3.84. The van der Waals surface area contributed by atoms with Crippen LogP contribution in [0.1, 0.15) is 40.1 Å². The van der Waals surface area contributed by atoms with Crippen molar-refractivity contribution in [3.63, 3.8) is 0 Å². The maximum Gasteiger partial charge on any atom is 0.161 e. The van der Waals surface area contributed by atoms with E-state index in [1.807, 2.05) is 30.3 Å². The summed E-state index contributed by atoms with van der Waals surface area (Å²) in [7, 11) is 0. The monoisotopic (exact) mass is 265 g/mol. The van der Waals surface area contributed by atoms with Crippen LogP contribution in [0.2, 0.25) is 0 Å². The Morgan fingerprint density at radius 3 is 1.90 bits per heavy atom. The highest BCUT2D eigenvalue weighted by atomic mass is 16.1. The van der Waals surface area contributed by atoms with Crippen molar-refractivity contribution in [2.45, 2.75) is 13.8 Å². The number of nitrogens with zero attached hydrogens (tertiary/aromatic N) is 1. The van der Waals surface area contributed by atoms with Crippen LogP contribution in [0, 0.1) is 0 Å². The standard InChI is InChI=1S/C17H15NO2/c1-12(19)15-9-6-10-16(13(2)20)17(15)18-11-14-7-4-3-5-8-14/h3-11H,1-2H3. The van der Waals surface area contributed by atoms with Gasteiger partial charge in [0.05, 0.1) is 5.69 Å².